The van der Waals surface area contributed by atoms with Crippen LogP contribution in [0.5, 0.6) is 0 Å². The quantitative estimate of drug-likeness (QED) is 0.901. The zero-order valence-electron chi connectivity index (χ0n) is 14.3. The fourth-order valence-corrected chi connectivity index (χ4v) is 4.01. The maximum atomic E-state index is 12.5. The second-order valence-corrected chi connectivity index (χ2v) is 7.34. The van der Waals surface area contributed by atoms with E-state index >= 15 is 0 Å². The third-order valence-electron chi connectivity index (χ3n) is 4.74. The summed E-state index contributed by atoms with van der Waals surface area (Å²) in [6.07, 6.45) is 1.04. The minimum absolute atomic E-state index is 0.0514. The van der Waals surface area contributed by atoms with Crippen molar-refractivity contribution in [2.24, 2.45) is 0 Å². The summed E-state index contributed by atoms with van der Waals surface area (Å²) in [6, 6.07) is 12.9. The third kappa shape index (κ3) is 3.97. The number of carbonyl (C=O) groups excluding carboxylic acids is 1. The number of likely N-dealkylation sites (N-methyl/N-ethyl adjacent to an activating group) is 1. The molecule has 3 rings (SSSR count). The Bertz CT molecular complexity index is 642. The lowest BCUT2D eigenvalue weighted by atomic mass is 9.99. The molecule has 2 atom stereocenters. The van der Waals surface area contributed by atoms with Crippen molar-refractivity contribution in [2.45, 2.75) is 18.4 Å². The van der Waals surface area contributed by atoms with Crippen LogP contribution in [0.15, 0.2) is 47.2 Å². The summed E-state index contributed by atoms with van der Waals surface area (Å²) in [5.41, 5.74) is 2.59. The van der Waals surface area contributed by atoms with E-state index in [0.717, 1.165) is 19.5 Å². The van der Waals surface area contributed by atoms with Crippen LogP contribution in [-0.4, -0.2) is 49.6 Å². The molecule has 0 aliphatic carbocycles. The molecule has 128 valence electrons. The molecule has 2 heterocycles. The molecule has 1 aromatic heterocycles. The van der Waals surface area contributed by atoms with Gasteiger partial charge in [0.05, 0.1) is 6.04 Å². The molecule has 0 saturated carbocycles. The molecule has 1 aliphatic rings. The van der Waals surface area contributed by atoms with Gasteiger partial charge in [0, 0.05) is 25.6 Å². The number of likely N-dealkylation sites (tertiary alicyclic amines) is 1. The molecule has 1 saturated heterocycles. The first-order valence-electron chi connectivity index (χ1n) is 8.41. The van der Waals surface area contributed by atoms with Crippen molar-refractivity contribution in [1.82, 2.24) is 15.1 Å². The van der Waals surface area contributed by atoms with Gasteiger partial charge in [-0.25, -0.2) is 4.79 Å². The van der Waals surface area contributed by atoms with Crippen molar-refractivity contribution in [1.29, 1.82) is 0 Å². The van der Waals surface area contributed by atoms with Gasteiger partial charge in [0.2, 0.25) is 0 Å². The van der Waals surface area contributed by atoms with E-state index in [0.29, 0.717) is 12.5 Å². The smallest absolute Gasteiger partial charge is 0.317 e. The van der Waals surface area contributed by atoms with E-state index in [4.69, 9.17) is 0 Å². The SMILES string of the molecule is CN(C)C(CNC(=O)N1CC[C@H](c2ccccc2)C1)c1ccsc1. The lowest BCUT2D eigenvalue weighted by molar-refractivity contribution is 0.202. The second-order valence-electron chi connectivity index (χ2n) is 6.56. The highest BCUT2D eigenvalue weighted by atomic mass is 32.1. The van der Waals surface area contributed by atoms with Gasteiger partial charge in [0.25, 0.3) is 0 Å². The Morgan fingerprint density at radius 3 is 2.79 bits per heavy atom. The van der Waals surface area contributed by atoms with Crippen LogP contribution in [0.1, 0.15) is 29.5 Å². The van der Waals surface area contributed by atoms with Gasteiger partial charge in [0.15, 0.2) is 0 Å². The molecule has 1 unspecified atom stereocenters. The number of urea groups is 1. The van der Waals surface area contributed by atoms with Crippen molar-refractivity contribution in [3.05, 3.63) is 58.3 Å². The summed E-state index contributed by atoms with van der Waals surface area (Å²) in [7, 11) is 4.10. The lowest BCUT2D eigenvalue weighted by Crippen LogP contribution is -2.42. The number of hydrogen-bond acceptors (Lipinski definition) is 3. The molecule has 1 N–H and O–H groups in total. The highest BCUT2D eigenvalue weighted by Gasteiger charge is 2.27. The molecule has 0 radical (unpaired) electrons. The van der Waals surface area contributed by atoms with E-state index in [1.165, 1.54) is 11.1 Å². The normalized spacial score (nSPS) is 18.8. The predicted octanol–water partition coefficient (Wildman–Crippen LogP) is 3.55. The first-order valence-corrected chi connectivity index (χ1v) is 9.35. The summed E-state index contributed by atoms with van der Waals surface area (Å²) in [5.74, 6) is 0.457. The molecule has 1 aromatic carbocycles. The Kier molecular flexibility index (Phi) is 5.53. The number of thiophene rings is 1. The highest BCUT2D eigenvalue weighted by Crippen LogP contribution is 2.27. The lowest BCUT2D eigenvalue weighted by Gasteiger charge is -2.25. The van der Waals surface area contributed by atoms with Crippen LogP contribution >= 0.6 is 11.3 Å². The van der Waals surface area contributed by atoms with Crippen molar-refractivity contribution in [3.63, 3.8) is 0 Å². The fourth-order valence-electron chi connectivity index (χ4n) is 3.30. The molecule has 2 amide bonds. The van der Waals surface area contributed by atoms with Crippen LogP contribution in [0.4, 0.5) is 4.79 Å². The zero-order valence-corrected chi connectivity index (χ0v) is 15.1. The van der Waals surface area contributed by atoms with Crippen LogP contribution in [0, 0.1) is 0 Å². The molecule has 4 nitrogen and oxygen atoms in total. The number of rotatable bonds is 5. The topological polar surface area (TPSA) is 35.6 Å². The number of hydrogen-bond donors (Lipinski definition) is 1. The van der Waals surface area contributed by atoms with E-state index < -0.39 is 0 Å². The minimum Gasteiger partial charge on any atom is -0.336 e. The average Bonchev–Trinajstić information content (AvgIpc) is 3.27. The Morgan fingerprint density at radius 1 is 1.33 bits per heavy atom. The van der Waals surface area contributed by atoms with Gasteiger partial charge < -0.3 is 15.1 Å². The summed E-state index contributed by atoms with van der Waals surface area (Å²) in [6.45, 7) is 2.27. The number of nitrogens with one attached hydrogen (secondary N) is 1. The van der Waals surface area contributed by atoms with Crippen LogP contribution in [0.2, 0.25) is 0 Å². The van der Waals surface area contributed by atoms with E-state index in [9.17, 15) is 4.79 Å². The van der Waals surface area contributed by atoms with Gasteiger partial charge in [-0.1, -0.05) is 30.3 Å². The maximum Gasteiger partial charge on any atom is 0.317 e. The van der Waals surface area contributed by atoms with Crippen molar-refractivity contribution in [2.75, 3.05) is 33.7 Å². The Labute approximate surface area is 148 Å². The summed E-state index contributed by atoms with van der Waals surface area (Å²) < 4.78 is 0. The second kappa shape index (κ2) is 7.81. The number of carbonyl (C=O) groups is 1. The zero-order chi connectivity index (χ0) is 16.9. The van der Waals surface area contributed by atoms with Gasteiger partial charge in [-0.2, -0.15) is 11.3 Å². The van der Waals surface area contributed by atoms with E-state index in [1.807, 2.05) is 11.0 Å². The maximum absolute atomic E-state index is 12.5. The molecule has 2 aromatic rings. The van der Waals surface area contributed by atoms with Crippen LogP contribution in [0.25, 0.3) is 0 Å². The van der Waals surface area contributed by atoms with Gasteiger partial charge in [-0.05, 0) is 48.5 Å². The standard InChI is InChI=1S/C19H25N3OS/c1-21(2)18(17-9-11-24-14-17)12-20-19(23)22-10-8-16(13-22)15-6-4-3-5-7-15/h3-7,9,11,14,16,18H,8,10,12-13H2,1-2H3,(H,20,23)/t16-,18?/m0/s1. The third-order valence-corrected chi connectivity index (χ3v) is 5.45. The first-order chi connectivity index (χ1) is 11.6. The molecular formula is C19H25N3OS. The van der Waals surface area contributed by atoms with E-state index in [1.54, 1.807) is 11.3 Å². The summed E-state index contributed by atoms with van der Waals surface area (Å²) in [4.78, 5) is 16.6. The Morgan fingerprint density at radius 2 is 2.12 bits per heavy atom. The highest BCUT2D eigenvalue weighted by molar-refractivity contribution is 7.07. The van der Waals surface area contributed by atoms with Crippen LogP contribution in [-0.2, 0) is 0 Å². The predicted molar refractivity (Wildman–Crippen MR) is 99.5 cm³/mol. The number of nitrogens with zero attached hydrogens (tertiary/aromatic N) is 2. The molecule has 24 heavy (non-hydrogen) atoms. The van der Waals surface area contributed by atoms with Gasteiger partial charge in [-0.3, -0.25) is 0 Å². The van der Waals surface area contributed by atoms with E-state index in [2.05, 4.69) is 65.4 Å². The number of benzene rings is 1. The van der Waals surface area contributed by atoms with Crippen LogP contribution < -0.4 is 5.32 Å². The molecule has 0 spiro atoms. The molecule has 1 aliphatic heterocycles. The van der Waals surface area contributed by atoms with Gasteiger partial charge in [-0.15, -0.1) is 0 Å². The Hall–Kier alpha value is -1.85. The summed E-state index contributed by atoms with van der Waals surface area (Å²) >= 11 is 1.69. The molecule has 1 fully saturated rings. The van der Waals surface area contributed by atoms with Crippen molar-refractivity contribution in [3.8, 4) is 0 Å². The average molecular weight is 343 g/mol. The molecule has 0 bridgehead atoms. The molecular weight excluding hydrogens is 318 g/mol. The van der Waals surface area contributed by atoms with Gasteiger partial charge in [0.1, 0.15) is 0 Å². The van der Waals surface area contributed by atoms with Crippen LogP contribution in [0.3, 0.4) is 0 Å². The fraction of sp³-hybridized carbons (Fsp3) is 0.421. The largest absolute Gasteiger partial charge is 0.336 e. The molecule has 5 heteroatoms. The van der Waals surface area contributed by atoms with Crippen molar-refractivity contribution >= 4 is 17.4 Å². The van der Waals surface area contributed by atoms with Crippen molar-refractivity contribution < 1.29 is 4.79 Å². The Balaban J connectivity index is 1.54. The van der Waals surface area contributed by atoms with E-state index in [-0.39, 0.29) is 12.1 Å². The minimum atomic E-state index is 0.0514. The van der Waals surface area contributed by atoms with Gasteiger partial charge >= 0.3 is 6.03 Å². The summed E-state index contributed by atoms with van der Waals surface area (Å²) in [5, 5.41) is 7.35. The monoisotopic (exact) mass is 343 g/mol. The number of amides is 2. The first kappa shape index (κ1) is 17.0.